The molecule has 1 fully saturated rings. The van der Waals surface area contributed by atoms with E-state index in [2.05, 4.69) is 41.8 Å². The molecule has 2 heterocycles. The van der Waals surface area contributed by atoms with Gasteiger partial charge >= 0.3 is 6.03 Å². The van der Waals surface area contributed by atoms with Crippen LogP contribution in [-0.4, -0.2) is 43.1 Å². The number of aromatic nitrogens is 1. The molecule has 3 amide bonds. The second kappa shape index (κ2) is 10.1. The molecule has 28 heavy (non-hydrogen) atoms. The van der Waals surface area contributed by atoms with Crippen LogP contribution < -0.4 is 20.9 Å². The predicted octanol–water partition coefficient (Wildman–Crippen LogP) is 2.67. The maximum atomic E-state index is 12.0. The standard InChI is InChI=1S/C20H24BrN5O2/c21-17-5-3-16(4-6-17)19(27)23-9-10-24-20(28)25-14-15-7-8-22-18(13-15)26-11-1-2-12-26/h3-8,13H,1-2,9-12,14H2,(H,23,27)(H2,24,25,28). The van der Waals surface area contributed by atoms with Gasteiger partial charge in [0.2, 0.25) is 0 Å². The van der Waals surface area contributed by atoms with Crippen LogP contribution in [0.3, 0.4) is 0 Å². The van der Waals surface area contributed by atoms with E-state index in [1.54, 1.807) is 18.3 Å². The molecule has 1 aliphatic heterocycles. The van der Waals surface area contributed by atoms with E-state index in [9.17, 15) is 9.59 Å². The van der Waals surface area contributed by atoms with Crippen LogP contribution in [0.4, 0.5) is 10.6 Å². The van der Waals surface area contributed by atoms with Gasteiger partial charge in [-0.25, -0.2) is 9.78 Å². The molecular formula is C20H24BrN5O2. The van der Waals surface area contributed by atoms with Gasteiger partial charge < -0.3 is 20.9 Å². The van der Waals surface area contributed by atoms with Crippen molar-refractivity contribution in [3.05, 3.63) is 58.2 Å². The van der Waals surface area contributed by atoms with Gasteiger partial charge in [0.15, 0.2) is 0 Å². The summed E-state index contributed by atoms with van der Waals surface area (Å²) in [4.78, 5) is 30.6. The van der Waals surface area contributed by atoms with Crippen molar-refractivity contribution in [2.75, 3.05) is 31.1 Å². The molecule has 0 spiro atoms. The minimum Gasteiger partial charge on any atom is -0.357 e. The lowest BCUT2D eigenvalue weighted by Gasteiger charge is -2.17. The Morgan fingerprint density at radius 1 is 1.00 bits per heavy atom. The second-order valence-corrected chi connectivity index (χ2v) is 7.50. The van der Waals surface area contributed by atoms with Crippen molar-refractivity contribution in [3.63, 3.8) is 0 Å². The second-order valence-electron chi connectivity index (χ2n) is 6.59. The Labute approximate surface area is 173 Å². The van der Waals surface area contributed by atoms with Gasteiger partial charge in [-0.3, -0.25) is 4.79 Å². The number of rotatable bonds is 7. The molecule has 3 N–H and O–H groups in total. The largest absolute Gasteiger partial charge is 0.357 e. The highest BCUT2D eigenvalue weighted by Crippen LogP contribution is 2.18. The summed E-state index contributed by atoms with van der Waals surface area (Å²) in [6.45, 7) is 3.22. The van der Waals surface area contributed by atoms with Gasteiger partial charge in [-0.1, -0.05) is 15.9 Å². The molecular weight excluding hydrogens is 422 g/mol. The van der Waals surface area contributed by atoms with Gasteiger partial charge in [0.25, 0.3) is 5.91 Å². The highest BCUT2D eigenvalue weighted by Gasteiger charge is 2.13. The zero-order valence-electron chi connectivity index (χ0n) is 15.6. The van der Waals surface area contributed by atoms with Gasteiger partial charge in [0.05, 0.1) is 0 Å². The fraction of sp³-hybridized carbons (Fsp3) is 0.350. The summed E-state index contributed by atoms with van der Waals surface area (Å²) in [5.41, 5.74) is 1.59. The molecule has 3 rings (SSSR count). The molecule has 0 bridgehead atoms. The number of nitrogens with one attached hydrogen (secondary N) is 3. The fourth-order valence-corrected chi connectivity index (χ4v) is 3.25. The van der Waals surface area contributed by atoms with Crippen molar-refractivity contribution in [2.45, 2.75) is 19.4 Å². The van der Waals surface area contributed by atoms with Crippen LogP contribution in [0.25, 0.3) is 0 Å². The van der Waals surface area contributed by atoms with E-state index in [1.165, 1.54) is 12.8 Å². The smallest absolute Gasteiger partial charge is 0.315 e. The van der Waals surface area contributed by atoms with Crippen LogP contribution in [0, 0.1) is 0 Å². The summed E-state index contributed by atoms with van der Waals surface area (Å²) in [5, 5.41) is 8.34. The molecule has 0 unspecified atom stereocenters. The molecule has 8 heteroatoms. The van der Waals surface area contributed by atoms with E-state index < -0.39 is 0 Å². The number of amides is 3. The third kappa shape index (κ3) is 5.95. The molecule has 1 saturated heterocycles. The van der Waals surface area contributed by atoms with Crippen molar-refractivity contribution in [1.82, 2.24) is 20.9 Å². The highest BCUT2D eigenvalue weighted by atomic mass is 79.9. The first kappa shape index (κ1) is 20.1. The first-order valence-electron chi connectivity index (χ1n) is 9.37. The number of benzene rings is 1. The summed E-state index contributed by atoms with van der Waals surface area (Å²) in [6.07, 6.45) is 4.18. The number of carbonyl (C=O) groups is 2. The Kier molecular flexibility index (Phi) is 7.25. The van der Waals surface area contributed by atoms with E-state index in [0.717, 1.165) is 28.9 Å². The third-order valence-corrected chi connectivity index (χ3v) is 5.02. The molecule has 7 nitrogen and oxygen atoms in total. The maximum absolute atomic E-state index is 12.0. The van der Waals surface area contributed by atoms with Crippen molar-refractivity contribution < 1.29 is 9.59 Å². The number of hydrogen-bond acceptors (Lipinski definition) is 4. The zero-order chi connectivity index (χ0) is 19.8. The lowest BCUT2D eigenvalue weighted by Crippen LogP contribution is -2.40. The topological polar surface area (TPSA) is 86.4 Å². The van der Waals surface area contributed by atoms with Crippen LogP contribution >= 0.6 is 15.9 Å². The van der Waals surface area contributed by atoms with Crippen molar-refractivity contribution in [1.29, 1.82) is 0 Å². The number of anilines is 1. The lowest BCUT2D eigenvalue weighted by molar-refractivity contribution is 0.0954. The number of nitrogens with zero attached hydrogens (tertiary/aromatic N) is 2. The molecule has 148 valence electrons. The number of hydrogen-bond donors (Lipinski definition) is 3. The minimum absolute atomic E-state index is 0.166. The quantitative estimate of drug-likeness (QED) is 0.571. The van der Waals surface area contributed by atoms with Crippen LogP contribution in [0.1, 0.15) is 28.8 Å². The van der Waals surface area contributed by atoms with Crippen molar-refractivity contribution >= 4 is 33.7 Å². The monoisotopic (exact) mass is 445 g/mol. The van der Waals surface area contributed by atoms with E-state index in [0.29, 0.717) is 25.2 Å². The van der Waals surface area contributed by atoms with Crippen LogP contribution in [0.2, 0.25) is 0 Å². The number of urea groups is 1. The first-order chi connectivity index (χ1) is 13.6. The third-order valence-electron chi connectivity index (χ3n) is 4.50. The van der Waals surface area contributed by atoms with E-state index in [-0.39, 0.29) is 11.9 Å². The van der Waals surface area contributed by atoms with Gasteiger partial charge in [0.1, 0.15) is 5.82 Å². The Balaban J connectivity index is 1.35. The highest BCUT2D eigenvalue weighted by molar-refractivity contribution is 9.10. The normalized spacial score (nSPS) is 13.2. The summed E-state index contributed by atoms with van der Waals surface area (Å²) < 4.78 is 0.920. The van der Waals surface area contributed by atoms with E-state index >= 15 is 0 Å². The average Bonchev–Trinajstić information content (AvgIpc) is 3.25. The molecule has 0 radical (unpaired) electrons. The predicted molar refractivity (Wildman–Crippen MR) is 112 cm³/mol. The van der Waals surface area contributed by atoms with Gasteiger partial charge in [-0.2, -0.15) is 0 Å². The molecule has 1 aliphatic rings. The molecule has 1 aromatic carbocycles. The number of halogens is 1. The Morgan fingerprint density at radius 2 is 1.71 bits per heavy atom. The summed E-state index contributed by atoms with van der Waals surface area (Å²) in [5.74, 6) is 0.800. The van der Waals surface area contributed by atoms with Gasteiger partial charge in [-0.05, 0) is 54.8 Å². The number of carbonyl (C=O) groups excluding carboxylic acids is 2. The van der Waals surface area contributed by atoms with Crippen LogP contribution in [0.5, 0.6) is 0 Å². The van der Waals surface area contributed by atoms with E-state index in [1.807, 2.05) is 24.3 Å². The van der Waals surface area contributed by atoms with Gasteiger partial charge in [0, 0.05) is 49.0 Å². The van der Waals surface area contributed by atoms with E-state index in [4.69, 9.17) is 0 Å². The number of pyridine rings is 1. The fourth-order valence-electron chi connectivity index (χ4n) is 2.99. The SMILES string of the molecule is O=C(NCCNC(=O)c1ccc(Br)cc1)NCc1ccnc(N2CCCC2)c1. The zero-order valence-corrected chi connectivity index (χ0v) is 17.2. The Bertz CT molecular complexity index is 806. The molecule has 2 aromatic rings. The summed E-state index contributed by atoms with van der Waals surface area (Å²) in [6, 6.07) is 10.8. The maximum Gasteiger partial charge on any atom is 0.315 e. The van der Waals surface area contributed by atoms with Crippen molar-refractivity contribution in [3.8, 4) is 0 Å². The van der Waals surface area contributed by atoms with Crippen molar-refractivity contribution in [2.24, 2.45) is 0 Å². The molecule has 0 saturated carbocycles. The lowest BCUT2D eigenvalue weighted by atomic mass is 10.2. The molecule has 1 aromatic heterocycles. The van der Waals surface area contributed by atoms with Gasteiger partial charge in [-0.15, -0.1) is 0 Å². The summed E-state index contributed by atoms with van der Waals surface area (Å²) in [7, 11) is 0. The Hall–Kier alpha value is -2.61. The van der Waals surface area contributed by atoms with Crippen LogP contribution in [-0.2, 0) is 6.54 Å². The first-order valence-corrected chi connectivity index (χ1v) is 10.2. The Morgan fingerprint density at radius 3 is 2.46 bits per heavy atom. The average molecular weight is 446 g/mol. The minimum atomic E-state index is -0.266. The summed E-state index contributed by atoms with van der Waals surface area (Å²) >= 11 is 3.33. The molecule has 0 aliphatic carbocycles. The molecule has 0 atom stereocenters. The van der Waals surface area contributed by atoms with Crippen LogP contribution in [0.15, 0.2) is 47.1 Å².